The van der Waals surface area contributed by atoms with E-state index < -0.39 is 11.8 Å². The van der Waals surface area contributed by atoms with Crippen LogP contribution in [0.15, 0.2) is 21.3 Å². The zero-order valence-corrected chi connectivity index (χ0v) is 13.0. The highest BCUT2D eigenvalue weighted by atomic mass is 16.4. The molecular formula is C15H18N4O4. The van der Waals surface area contributed by atoms with E-state index in [9.17, 15) is 14.4 Å². The maximum absolute atomic E-state index is 12.7. The molecule has 0 aromatic carbocycles. The smallest absolute Gasteiger partial charge is 0.406 e. The summed E-state index contributed by atoms with van der Waals surface area (Å²) in [6, 6.07) is 2.52. The van der Waals surface area contributed by atoms with Gasteiger partial charge in [0.25, 0.3) is 5.91 Å². The molecule has 1 aliphatic heterocycles. The minimum atomic E-state index is -0.618. The fourth-order valence-electron chi connectivity index (χ4n) is 2.75. The highest BCUT2D eigenvalue weighted by molar-refractivity contribution is 5.97. The fraction of sp³-hybridized carbons (Fsp3) is 0.467. The molecule has 1 saturated heterocycles. The third-order valence-corrected chi connectivity index (χ3v) is 3.79. The molecule has 0 saturated carbocycles. The van der Waals surface area contributed by atoms with E-state index in [4.69, 9.17) is 4.42 Å². The maximum Gasteiger partial charge on any atom is 0.418 e. The lowest BCUT2D eigenvalue weighted by atomic mass is 9.99. The molecular weight excluding hydrogens is 300 g/mol. The fourth-order valence-corrected chi connectivity index (χ4v) is 2.75. The number of nitrogens with one attached hydrogen (secondary N) is 2. The van der Waals surface area contributed by atoms with Crippen molar-refractivity contribution in [2.24, 2.45) is 5.92 Å². The van der Waals surface area contributed by atoms with Crippen molar-refractivity contribution in [3.05, 3.63) is 28.4 Å². The number of hydrogen-bond acceptors (Lipinski definition) is 5. The van der Waals surface area contributed by atoms with E-state index in [2.05, 4.69) is 15.3 Å². The van der Waals surface area contributed by atoms with Crippen LogP contribution in [0.1, 0.15) is 30.8 Å². The topological polar surface area (TPSA) is 108 Å². The summed E-state index contributed by atoms with van der Waals surface area (Å²) in [5.74, 6) is -0.808. The van der Waals surface area contributed by atoms with E-state index in [1.54, 1.807) is 4.90 Å². The van der Waals surface area contributed by atoms with Gasteiger partial charge in [-0.25, -0.2) is 9.78 Å². The van der Waals surface area contributed by atoms with Gasteiger partial charge in [0.2, 0.25) is 5.91 Å². The van der Waals surface area contributed by atoms with Crippen LogP contribution in [0.3, 0.4) is 0 Å². The van der Waals surface area contributed by atoms with Gasteiger partial charge in [0.15, 0.2) is 11.2 Å². The summed E-state index contributed by atoms with van der Waals surface area (Å²) in [5, 5.41) is 2.79. The number of H-pyrrole nitrogens is 1. The Kier molecular flexibility index (Phi) is 3.89. The largest absolute Gasteiger partial charge is 0.418 e. The van der Waals surface area contributed by atoms with Gasteiger partial charge in [0.05, 0.1) is 0 Å². The first-order chi connectivity index (χ1) is 11.0. The number of aromatic nitrogens is 2. The molecule has 2 aromatic rings. The highest BCUT2D eigenvalue weighted by Crippen LogP contribution is 2.18. The standard InChI is InChI=1S/C15H18N4O4/c1-8(2)7-10-13(20)16-5-6-19(10)14(21)9-3-4-11-12(17-9)18-15(22)23-11/h3-4,8,10H,5-7H2,1-2H3,(H,16,20)(H,17,18,22)/t10-/m0/s1. The van der Waals surface area contributed by atoms with Gasteiger partial charge in [0, 0.05) is 13.1 Å². The van der Waals surface area contributed by atoms with Gasteiger partial charge >= 0.3 is 5.76 Å². The second-order valence-electron chi connectivity index (χ2n) is 5.99. The molecule has 3 heterocycles. The molecule has 0 aliphatic carbocycles. The van der Waals surface area contributed by atoms with Crippen LogP contribution in [0.2, 0.25) is 0 Å². The van der Waals surface area contributed by atoms with Crippen molar-refractivity contribution >= 4 is 23.0 Å². The third kappa shape index (κ3) is 2.96. The van der Waals surface area contributed by atoms with E-state index in [-0.39, 0.29) is 29.1 Å². The minimum Gasteiger partial charge on any atom is -0.406 e. The summed E-state index contributed by atoms with van der Waals surface area (Å²) in [7, 11) is 0. The Labute approximate surface area is 131 Å². The van der Waals surface area contributed by atoms with Crippen molar-refractivity contribution in [3.8, 4) is 0 Å². The first kappa shape index (κ1) is 15.3. The van der Waals surface area contributed by atoms with Gasteiger partial charge in [-0.3, -0.25) is 14.6 Å². The number of hydrogen-bond donors (Lipinski definition) is 2. The van der Waals surface area contributed by atoms with Crippen molar-refractivity contribution in [1.29, 1.82) is 0 Å². The number of oxazole rings is 1. The Morgan fingerprint density at radius 3 is 2.96 bits per heavy atom. The molecule has 2 amide bonds. The number of amides is 2. The monoisotopic (exact) mass is 318 g/mol. The Bertz CT molecular complexity index is 807. The molecule has 1 fully saturated rings. The number of carbonyl (C=O) groups excluding carboxylic acids is 2. The molecule has 2 N–H and O–H groups in total. The summed E-state index contributed by atoms with van der Waals surface area (Å²) >= 11 is 0. The van der Waals surface area contributed by atoms with Gasteiger partial charge in [0.1, 0.15) is 11.7 Å². The molecule has 1 atom stereocenters. The molecule has 8 nitrogen and oxygen atoms in total. The van der Waals surface area contributed by atoms with Crippen LogP contribution in [-0.4, -0.2) is 45.8 Å². The van der Waals surface area contributed by atoms with Gasteiger partial charge in [-0.2, -0.15) is 0 Å². The minimum absolute atomic E-state index is 0.143. The number of carbonyl (C=O) groups is 2. The summed E-state index contributed by atoms with van der Waals surface area (Å²) in [6.45, 7) is 4.86. The van der Waals surface area contributed by atoms with Gasteiger partial charge in [-0.05, 0) is 24.5 Å². The number of piperazine rings is 1. The summed E-state index contributed by atoms with van der Waals surface area (Å²) in [5.41, 5.74) is 0.697. The first-order valence-corrected chi connectivity index (χ1v) is 7.54. The van der Waals surface area contributed by atoms with Crippen molar-refractivity contribution in [1.82, 2.24) is 20.2 Å². The van der Waals surface area contributed by atoms with E-state index in [0.717, 1.165) is 0 Å². The van der Waals surface area contributed by atoms with Crippen LogP contribution >= 0.6 is 0 Å². The number of rotatable bonds is 3. The van der Waals surface area contributed by atoms with Crippen molar-refractivity contribution in [2.75, 3.05) is 13.1 Å². The predicted molar refractivity (Wildman–Crippen MR) is 81.9 cm³/mol. The summed E-state index contributed by atoms with van der Waals surface area (Å²) in [4.78, 5) is 44.1. The van der Waals surface area contributed by atoms with Crippen LogP contribution in [0, 0.1) is 5.92 Å². The molecule has 0 bridgehead atoms. The molecule has 3 rings (SSSR count). The first-order valence-electron chi connectivity index (χ1n) is 7.54. The Morgan fingerprint density at radius 1 is 1.43 bits per heavy atom. The molecule has 122 valence electrons. The highest BCUT2D eigenvalue weighted by Gasteiger charge is 2.34. The molecule has 23 heavy (non-hydrogen) atoms. The van der Waals surface area contributed by atoms with Crippen molar-refractivity contribution in [2.45, 2.75) is 26.3 Å². The zero-order chi connectivity index (χ0) is 16.6. The lowest BCUT2D eigenvalue weighted by Gasteiger charge is -2.35. The number of fused-ring (bicyclic) bond motifs is 1. The number of pyridine rings is 1. The van der Waals surface area contributed by atoms with Crippen LogP contribution in [0.25, 0.3) is 11.2 Å². The van der Waals surface area contributed by atoms with E-state index >= 15 is 0 Å². The van der Waals surface area contributed by atoms with Crippen LogP contribution < -0.4 is 11.1 Å². The molecule has 0 radical (unpaired) electrons. The summed E-state index contributed by atoms with van der Waals surface area (Å²) < 4.78 is 4.88. The van der Waals surface area contributed by atoms with Gasteiger partial charge in [-0.15, -0.1) is 0 Å². The van der Waals surface area contributed by atoms with E-state index in [0.29, 0.717) is 25.1 Å². The Morgan fingerprint density at radius 2 is 2.22 bits per heavy atom. The van der Waals surface area contributed by atoms with Crippen LogP contribution in [0.5, 0.6) is 0 Å². The van der Waals surface area contributed by atoms with E-state index in [1.165, 1.54) is 12.1 Å². The molecule has 0 spiro atoms. The molecule has 8 heteroatoms. The normalized spacial score (nSPS) is 18.5. The number of nitrogens with zero attached hydrogens (tertiary/aromatic N) is 2. The molecule has 0 unspecified atom stereocenters. The third-order valence-electron chi connectivity index (χ3n) is 3.79. The van der Waals surface area contributed by atoms with Crippen LogP contribution in [0.4, 0.5) is 0 Å². The Balaban J connectivity index is 1.91. The lowest BCUT2D eigenvalue weighted by molar-refractivity contribution is -0.128. The second-order valence-corrected chi connectivity index (χ2v) is 5.99. The molecule has 2 aromatic heterocycles. The second kappa shape index (κ2) is 5.86. The number of aromatic amines is 1. The van der Waals surface area contributed by atoms with Gasteiger partial charge < -0.3 is 14.6 Å². The van der Waals surface area contributed by atoms with Gasteiger partial charge in [-0.1, -0.05) is 13.8 Å². The zero-order valence-electron chi connectivity index (χ0n) is 13.0. The van der Waals surface area contributed by atoms with Crippen molar-refractivity contribution in [3.63, 3.8) is 0 Å². The van der Waals surface area contributed by atoms with Crippen LogP contribution in [-0.2, 0) is 4.79 Å². The Hall–Kier alpha value is -2.64. The van der Waals surface area contributed by atoms with Crippen molar-refractivity contribution < 1.29 is 14.0 Å². The maximum atomic E-state index is 12.7. The quantitative estimate of drug-likeness (QED) is 0.857. The lowest BCUT2D eigenvalue weighted by Crippen LogP contribution is -2.57. The predicted octanol–water partition coefficient (Wildman–Crippen LogP) is 0.503. The molecule has 1 aliphatic rings. The average molecular weight is 318 g/mol. The average Bonchev–Trinajstić information content (AvgIpc) is 2.87. The SMILES string of the molecule is CC(C)C[C@H]1C(=O)NCCN1C(=O)c1ccc2oc(=O)[nH]c2n1. The van der Waals surface area contributed by atoms with E-state index in [1.807, 2.05) is 13.8 Å². The summed E-state index contributed by atoms with van der Waals surface area (Å²) in [6.07, 6.45) is 0.586.